The summed E-state index contributed by atoms with van der Waals surface area (Å²) in [5.41, 5.74) is 5.28. The van der Waals surface area contributed by atoms with E-state index in [1.165, 1.54) is 6.20 Å². The first-order valence-corrected chi connectivity index (χ1v) is 9.48. The van der Waals surface area contributed by atoms with Crippen LogP contribution in [0.3, 0.4) is 0 Å². The molecule has 1 N–H and O–H groups in total. The van der Waals surface area contributed by atoms with Gasteiger partial charge in [0.1, 0.15) is 12.7 Å². The van der Waals surface area contributed by atoms with Crippen LogP contribution in [0.25, 0.3) is 11.3 Å². The summed E-state index contributed by atoms with van der Waals surface area (Å²) in [5, 5.41) is 12.3. The maximum absolute atomic E-state index is 12.3. The number of nitrogens with one attached hydrogen (secondary N) is 1. The van der Waals surface area contributed by atoms with E-state index in [4.69, 9.17) is 21.6 Å². The average Bonchev–Trinajstić information content (AvgIpc) is 2.94. The highest BCUT2D eigenvalue weighted by atomic mass is 35.5. The minimum Gasteiger partial charge on any atom is -0.489 e. The van der Waals surface area contributed by atoms with E-state index in [0.717, 1.165) is 27.9 Å². The van der Waals surface area contributed by atoms with Gasteiger partial charge in [-0.2, -0.15) is 5.26 Å². The van der Waals surface area contributed by atoms with Crippen molar-refractivity contribution in [3.63, 3.8) is 0 Å². The van der Waals surface area contributed by atoms with Gasteiger partial charge in [-0.25, -0.2) is 0 Å². The average molecular weight is 405 g/mol. The molecule has 0 bridgehead atoms. The highest BCUT2D eigenvalue weighted by molar-refractivity contribution is 6.33. The predicted molar refractivity (Wildman–Crippen MR) is 109 cm³/mol. The first kappa shape index (κ1) is 18.9. The monoisotopic (exact) mass is 404 g/mol. The van der Waals surface area contributed by atoms with E-state index in [1.807, 2.05) is 25.1 Å². The maximum Gasteiger partial charge on any atom is 0.255 e. The van der Waals surface area contributed by atoms with E-state index in [1.54, 1.807) is 18.5 Å². The van der Waals surface area contributed by atoms with Crippen LogP contribution in [0, 0.1) is 18.3 Å². The van der Waals surface area contributed by atoms with Gasteiger partial charge in [0, 0.05) is 24.2 Å². The number of amides is 1. The molecule has 0 aliphatic carbocycles. The number of carbonyl (C=O) groups excluding carboxylic acids is 1. The molecule has 6 nitrogen and oxygen atoms in total. The van der Waals surface area contributed by atoms with E-state index in [9.17, 15) is 4.79 Å². The van der Waals surface area contributed by atoms with Gasteiger partial charge in [-0.3, -0.25) is 14.8 Å². The molecule has 0 spiro atoms. The molecule has 0 saturated carbocycles. The van der Waals surface area contributed by atoms with Gasteiger partial charge in [0.15, 0.2) is 5.75 Å². The van der Waals surface area contributed by atoms with Crippen LogP contribution in [0.2, 0.25) is 5.02 Å². The van der Waals surface area contributed by atoms with Gasteiger partial charge in [-0.1, -0.05) is 17.7 Å². The first-order chi connectivity index (χ1) is 14.1. The molecule has 1 amide bonds. The third-order valence-corrected chi connectivity index (χ3v) is 5.29. The summed E-state index contributed by atoms with van der Waals surface area (Å²) < 4.78 is 5.66. The van der Waals surface area contributed by atoms with Crippen LogP contribution in [0.4, 0.5) is 0 Å². The number of halogens is 1. The second-order valence-electron chi connectivity index (χ2n) is 6.76. The maximum atomic E-state index is 12.3. The van der Waals surface area contributed by atoms with Gasteiger partial charge in [0.2, 0.25) is 0 Å². The van der Waals surface area contributed by atoms with Crippen molar-refractivity contribution in [1.29, 1.82) is 5.26 Å². The zero-order chi connectivity index (χ0) is 20.4. The number of carbonyl (C=O) groups is 1. The smallest absolute Gasteiger partial charge is 0.255 e. The minimum atomic E-state index is -0.181. The molecule has 2 aromatic heterocycles. The largest absolute Gasteiger partial charge is 0.489 e. The molecule has 3 aromatic rings. The van der Waals surface area contributed by atoms with E-state index in [2.05, 4.69) is 21.4 Å². The quantitative estimate of drug-likeness (QED) is 0.719. The summed E-state index contributed by atoms with van der Waals surface area (Å²) in [5.74, 6) is 0.264. The van der Waals surface area contributed by atoms with Crippen LogP contribution in [0.5, 0.6) is 5.75 Å². The number of nitrogens with zero attached hydrogens (tertiary/aromatic N) is 3. The van der Waals surface area contributed by atoms with Gasteiger partial charge in [-0.05, 0) is 48.2 Å². The van der Waals surface area contributed by atoms with E-state index in [-0.39, 0.29) is 5.91 Å². The second-order valence-corrected chi connectivity index (χ2v) is 7.14. The van der Waals surface area contributed by atoms with Crippen LogP contribution >= 0.6 is 11.6 Å². The van der Waals surface area contributed by atoms with Crippen LogP contribution in [0.1, 0.15) is 32.6 Å². The molecule has 4 rings (SSSR count). The number of ether oxygens (including phenoxy) is 1. The summed E-state index contributed by atoms with van der Waals surface area (Å²) >= 11 is 6.50. The Labute approximate surface area is 173 Å². The third-order valence-electron chi connectivity index (χ3n) is 4.83. The Bertz CT molecular complexity index is 1140. The normalized spacial score (nSPS) is 12.9. The molecule has 0 fully saturated rings. The predicted octanol–water partition coefficient (Wildman–Crippen LogP) is 3.69. The molecular formula is C22H17ClN4O2. The fourth-order valence-corrected chi connectivity index (χ4v) is 3.52. The summed E-state index contributed by atoms with van der Waals surface area (Å²) in [6, 6.07) is 9.53. The number of hydrogen-bond acceptors (Lipinski definition) is 5. The number of benzene rings is 1. The van der Waals surface area contributed by atoms with E-state index in [0.29, 0.717) is 41.5 Å². The number of fused-ring (bicyclic) bond motifs is 1. The standard InChI is InChI=1S/C22H17ClN4O2/c1-13-16(8-18-21(20(13)23)29-5-4-26-22(18)28)6-14-2-3-19(27-11-14)17-7-15(9-24)10-25-12-17/h2-3,7-8,10-12H,4-6H2,1H3,(H,26,28). The Morgan fingerprint density at radius 1 is 1.28 bits per heavy atom. The van der Waals surface area contributed by atoms with Crippen molar-refractivity contribution in [3.8, 4) is 23.1 Å². The van der Waals surface area contributed by atoms with E-state index < -0.39 is 0 Å². The lowest BCUT2D eigenvalue weighted by Gasteiger charge is -2.15. The molecule has 1 aromatic carbocycles. The van der Waals surface area contributed by atoms with Crippen molar-refractivity contribution in [1.82, 2.24) is 15.3 Å². The van der Waals surface area contributed by atoms with Crippen LogP contribution in [-0.4, -0.2) is 29.0 Å². The Balaban J connectivity index is 1.64. The Morgan fingerprint density at radius 3 is 2.90 bits per heavy atom. The minimum absolute atomic E-state index is 0.181. The second kappa shape index (κ2) is 7.90. The molecule has 1 aliphatic rings. The summed E-state index contributed by atoms with van der Waals surface area (Å²) in [6.07, 6.45) is 5.56. The first-order valence-electron chi connectivity index (χ1n) is 9.10. The van der Waals surface area contributed by atoms with Crippen LogP contribution < -0.4 is 10.1 Å². The lowest BCUT2D eigenvalue weighted by molar-refractivity contribution is 0.0957. The van der Waals surface area contributed by atoms with Gasteiger partial charge < -0.3 is 10.1 Å². The molecule has 0 atom stereocenters. The molecule has 144 valence electrons. The Kier molecular flexibility index (Phi) is 5.15. The highest BCUT2D eigenvalue weighted by Crippen LogP contribution is 2.36. The zero-order valence-corrected chi connectivity index (χ0v) is 16.5. The number of nitriles is 1. The number of aromatic nitrogens is 2. The SMILES string of the molecule is Cc1c(Cc2ccc(-c3cncc(C#N)c3)nc2)cc2c(c1Cl)OCCNC2=O. The van der Waals surface area contributed by atoms with Crippen molar-refractivity contribution >= 4 is 17.5 Å². The van der Waals surface area contributed by atoms with Gasteiger partial charge >= 0.3 is 0 Å². The fourth-order valence-electron chi connectivity index (χ4n) is 3.24. The zero-order valence-electron chi connectivity index (χ0n) is 15.7. The lowest BCUT2D eigenvalue weighted by atomic mass is 9.97. The van der Waals surface area contributed by atoms with Gasteiger partial charge in [-0.15, -0.1) is 0 Å². The molecule has 1 aliphatic heterocycles. The van der Waals surface area contributed by atoms with E-state index >= 15 is 0 Å². The molecule has 0 saturated heterocycles. The molecule has 0 radical (unpaired) electrons. The summed E-state index contributed by atoms with van der Waals surface area (Å²) in [6.45, 7) is 2.76. The van der Waals surface area contributed by atoms with Crippen LogP contribution in [0.15, 0.2) is 42.9 Å². The molecule has 0 unspecified atom stereocenters. The number of rotatable bonds is 3. The number of pyridine rings is 2. The summed E-state index contributed by atoms with van der Waals surface area (Å²) in [7, 11) is 0. The van der Waals surface area contributed by atoms with Gasteiger partial charge in [0.25, 0.3) is 5.91 Å². The lowest BCUT2D eigenvalue weighted by Crippen LogP contribution is -2.24. The van der Waals surface area contributed by atoms with Crippen LogP contribution in [-0.2, 0) is 6.42 Å². The van der Waals surface area contributed by atoms with Crippen molar-refractivity contribution in [2.24, 2.45) is 0 Å². The summed E-state index contributed by atoms with van der Waals surface area (Å²) in [4.78, 5) is 20.9. The molecule has 3 heterocycles. The topological polar surface area (TPSA) is 87.9 Å². The fraction of sp³-hybridized carbons (Fsp3) is 0.182. The molecular weight excluding hydrogens is 388 g/mol. The number of hydrogen-bond donors (Lipinski definition) is 1. The molecule has 7 heteroatoms. The third kappa shape index (κ3) is 3.78. The Hall–Kier alpha value is -3.43. The highest BCUT2D eigenvalue weighted by Gasteiger charge is 2.22. The Morgan fingerprint density at radius 2 is 2.14 bits per heavy atom. The van der Waals surface area contributed by atoms with Crippen molar-refractivity contribution in [2.45, 2.75) is 13.3 Å². The van der Waals surface area contributed by atoms with Crippen molar-refractivity contribution < 1.29 is 9.53 Å². The molecule has 29 heavy (non-hydrogen) atoms. The van der Waals surface area contributed by atoms with Crippen molar-refractivity contribution in [3.05, 3.63) is 75.7 Å². The van der Waals surface area contributed by atoms with Gasteiger partial charge in [0.05, 0.1) is 28.4 Å². The van der Waals surface area contributed by atoms with Crippen molar-refractivity contribution in [2.75, 3.05) is 13.2 Å².